The molecule has 4 atom stereocenters. The molecular weight excluding hydrogens is 393 g/mol. The van der Waals surface area contributed by atoms with Crippen molar-refractivity contribution >= 4 is 7.75 Å². The molecule has 172 valence electrons. The van der Waals surface area contributed by atoms with Gasteiger partial charge < -0.3 is 14.6 Å². The molecule has 0 aromatic carbocycles. The second-order valence-corrected chi connectivity index (χ2v) is 9.95. The average molecular weight is 436 g/mol. The van der Waals surface area contributed by atoms with Crippen LogP contribution in [0.4, 0.5) is 0 Å². The first kappa shape index (κ1) is 25.3. The van der Waals surface area contributed by atoms with Gasteiger partial charge in [0.2, 0.25) is 0 Å². The van der Waals surface area contributed by atoms with Gasteiger partial charge in [-0.3, -0.25) is 9.05 Å². The first-order valence-electron chi connectivity index (χ1n) is 11.8. The van der Waals surface area contributed by atoms with Gasteiger partial charge in [0.15, 0.2) is 12.6 Å². The molecule has 2 aliphatic heterocycles. The highest BCUT2D eigenvalue weighted by Crippen LogP contribution is 2.49. The van der Waals surface area contributed by atoms with Gasteiger partial charge in [0.25, 0.3) is 0 Å². The summed E-state index contributed by atoms with van der Waals surface area (Å²) in [4.78, 5) is 0. The lowest BCUT2D eigenvalue weighted by Gasteiger charge is -2.18. The second-order valence-electron chi connectivity index (χ2n) is 8.17. The van der Waals surface area contributed by atoms with Gasteiger partial charge in [0.05, 0.1) is 13.2 Å². The van der Waals surface area contributed by atoms with Gasteiger partial charge in [-0.05, 0) is 12.8 Å². The van der Waals surface area contributed by atoms with E-state index in [2.05, 4.69) is 12.0 Å². The van der Waals surface area contributed by atoms with Crippen LogP contribution < -0.4 is 5.09 Å². The predicted molar refractivity (Wildman–Crippen MR) is 114 cm³/mol. The van der Waals surface area contributed by atoms with Gasteiger partial charge in [-0.1, -0.05) is 84.0 Å². The number of ether oxygens (including phenoxy) is 2. The van der Waals surface area contributed by atoms with Crippen LogP contribution in [-0.4, -0.2) is 43.5 Å². The van der Waals surface area contributed by atoms with Crippen LogP contribution >= 0.6 is 7.75 Å². The van der Waals surface area contributed by atoms with Gasteiger partial charge in [-0.2, -0.15) is 0 Å². The van der Waals surface area contributed by atoms with Crippen molar-refractivity contribution in [2.75, 3.05) is 19.8 Å². The Morgan fingerprint density at radius 1 is 0.931 bits per heavy atom. The molecule has 0 radical (unpaired) electrons. The van der Waals surface area contributed by atoms with E-state index in [0.29, 0.717) is 13.2 Å². The van der Waals surface area contributed by atoms with Crippen LogP contribution in [0, 0.1) is 0 Å². The minimum atomic E-state index is -3.32. The molecule has 2 fully saturated rings. The summed E-state index contributed by atoms with van der Waals surface area (Å²) in [5, 5.41) is 12.2. The van der Waals surface area contributed by atoms with E-state index >= 15 is 0 Å². The quantitative estimate of drug-likeness (QED) is 0.238. The minimum Gasteiger partial charge on any atom is -0.393 e. The van der Waals surface area contributed by atoms with E-state index in [1.165, 1.54) is 70.6 Å². The SMILES string of the molecule is CCCCCCCCCCCCCCCC1OC(CO)C(OP2(=O)NCCO2)O1. The van der Waals surface area contributed by atoms with E-state index in [1.54, 1.807) is 0 Å². The summed E-state index contributed by atoms with van der Waals surface area (Å²) in [6.07, 6.45) is 15.9. The Morgan fingerprint density at radius 2 is 1.52 bits per heavy atom. The lowest BCUT2D eigenvalue weighted by atomic mass is 10.0. The van der Waals surface area contributed by atoms with Crippen molar-refractivity contribution in [3.8, 4) is 0 Å². The summed E-state index contributed by atoms with van der Waals surface area (Å²) < 4.78 is 34.2. The first-order valence-corrected chi connectivity index (χ1v) is 13.3. The van der Waals surface area contributed by atoms with Crippen molar-refractivity contribution in [2.24, 2.45) is 0 Å². The molecule has 0 amide bonds. The summed E-state index contributed by atoms with van der Waals surface area (Å²) >= 11 is 0. The predicted octanol–water partition coefficient (Wildman–Crippen LogP) is 5.27. The summed E-state index contributed by atoms with van der Waals surface area (Å²) in [7, 11) is -3.32. The van der Waals surface area contributed by atoms with Crippen LogP contribution in [0.2, 0.25) is 0 Å². The number of rotatable bonds is 17. The highest BCUT2D eigenvalue weighted by molar-refractivity contribution is 7.51. The third-order valence-electron chi connectivity index (χ3n) is 5.55. The number of hydrogen-bond acceptors (Lipinski definition) is 6. The fourth-order valence-corrected chi connectivity index (χ4v) is 5.20. The summed E-state index contributed by atoms with van der Waals surface area (Å²) in [5.41, 5.74) is 0. The van der Waals surface area contributed by atoms with E-state index < -0.39 is 26.4 Å². The van der Waals surface area contributed by atoms with Crippen molar-refractivity contribution in [1.29, 1.82) is 0 Å². The van der Waals surface area contributed by atoms with Gasteiger partial charge >= 0.3 is 7.75 Å². The van der Waals surface area contributed by atoms with Crippen LogP contribution in [0.15, 0.2) is 0 Å². The fourth-order valence-electron chi connectivity index (χ4n) is 3.81. The molecule has 2 heterocycles. The van der Waals surface area contributed by atoms with E-state index in [1.807, 2.05) is 0 Å². The molecule has 0 aromatic heterocycles. The molecule has 2 aliphatic rings. The Balaban J connectivity index is 1.44. The Kier molecular flexibility index (Phi) is 13.0. The maximum absolute atomic E-state index is 12.3. The molecular formula is C21H42NO6P. The van der Waals surface area contributed by atoms with Crippen molar-refractivity contribution in [3.05, 3.63) is 0 Å². The highest BCUT2D eigenvalue weighted by atomic mass is 31.2. The molecule has 4 unspecified atom stereocenters. The Bertz CT molecular complexity index is 456. The lowest BCUT2D eigenvalue weighted by molar-refractivity contribution is -0.110. The monoisotopic (exact) mass is 435 g/mol. The number of aliphatic hydroxyl groups excluding tert-OH is 1. The molecule has 29 heavy (non-hydrogen) atoms. The topological polar surface area (TPSA) is 86.2 Å². The highest BCUT2D eigenvalue weighted by Gasteiger charge is 2.42. The molecule has 2 rings (SSSR count). The molecule has 0 bridgehead atoms. The third kappa shape index (κ3) is 10.2. The zero-order valence-electron chi connectivity index (χ0n) is 18.2. The van der Waals surface area contributed by atoms with Gasteiger partial charge in [0.1, 0.15) is 6.10 Å². The number of nitrogens with one attached hydrogen (secondary N) is 1. The summed E-state index contributed by atoms with van der Waals surface area (Å²) in [5.74, 6) is 0. The summed E-state index contributed by atoms with van der Waals surface area (Å²) in [6, 6.07) is 0. The van der Waals surface area contributed by atoms with E-state index in [0.717, 1.165) is 19.3 Å². The van der Waals surface area contributed by atoms with E-state index in [4.69, 9.17) is 18.5 Å². The maximum Gasteiger partial charge on any atom is 0.408 e. The number of aliphatic hydroxyl groups is 1. The molecule has 2 saturated heterocycles. The summed E-state index contributed by atoms with van der Waals surface area (Å²) in [6.45, 7) is 2.85. The first-order chi connectivity index (χ1) is 14.2. The molecule has 0 aromatic rings. The Morgan fingerprint density at radius 3 is 2.03 bits per heavy atom. The average Bonchev–Trinajstić information content (AvgIpc) is 3.31. The zero-order chi connectivity index (χ0) is 20.8. The van der Waals surface area contributed by atoms with Crippen molar-refractivity contribution in [1.82, 2.24) is 5.09 Å². The van der Waals surface area contributed by atoms with Gasteiger partial charge in [-0.25, -0.2) is 9.65 Å². The minimum absolute atomic E-state index is 0.236. The molecule has 0 saturated carbocycles. The molecule has 8 heteroatoms. The Hall–Kier alpha value is -0.0100. The molecule has 2 N–H and O–H groups in total. The number of unbranched alkanes of at least 4 members (excludes halogenated alkanes) is 12. The van der Waals surface area contributed by atoms with Crippen molar-refractivity contribution in [2.45, 2.75) is 115 Å². The van der Waals surface area contributed by atoms with Crippen molar-refractivity contribution < 1.29 is 28.2 Å². The largest absolute Gasteiger partial charge is 0.408 e. The molecule has 0 aliphatic carbocycles. The van der Waals surface area contributed by atoms with Crippen LogP contribution in [0.5, 0.6) is 0 Å². The van der Waals surface area contributed by atoms with E-state index in [9.17, 15) is 9.67 Å². The third-order valence-corrected chi connectivity index (χ3v) is 7.17. The maximum atomic E-state index is 12.3. The van der Waals surface area contributed by atoms with Gasteiger partial charge in [-0.15, -0.1) is 0 Å². The normalized spacial score (nSPS) is 29.7. The number of hydrogen-bond donors (Lipinski definition) is 2. The Labute approximate surface area is 176 Å². The fraction of sp³-hybridized carbons (Fsp3) is 1.00. The zero-order valence-corrected chi connectivity index (χ0v) is 19.1. The van der Waals surface area contributed by atoms with Crippen molar-refractivity contribution in [3.63, 3.8) is 0 Å². The van der Waals surface area contributed by atoms with Crippen LogP contribution in [0.25, 0.3) is 0 Å². The lowest BCUT2D eigenvalue weighted by Crippen LogP contribution is -2.29. The van der Waals surface area contributed by atoms with Crippen LogP contribution in [-0.2, 0) is 23.1 Å². The van der Waals surface area contributed by atoms with Gasteiger partial charge in [0, 0.05) is 6.54 Å². The van der Waals surface area contributed by atoms with Crippen LogP contribution in [0.3, 0.4) is 0 Å². The second kappa shape index (κ2) is 14.9. The smallest absolute Gasteiger partial charge is 0.393 e. The van der Waals surface area contributed by atoms with E-state index in [-0.39, 0.29) is 6.61 Å². The van der Waals surface area contributed by atoms with Crippen LogP contribution in [0.1, 0.15) is 96.8 Å². The molecule has 0 spiro atoms. The molecule has 7 nitrogen and oxygen atoms in total. The standard InChI is InChI=1S/C21H42NO6P/c1-2-3-4-5-6-7-8-9-10-11-12-13-14-15-20-26-19(18-23)21(27-20)28-29(24)22-16-17-25-29/h19-21,23H,2-18H2,1H3,(H,22,24).